The molecule has 3 aliphatic rings. The van der Waals surface area contributed by atoms with Gasteiger partial charge in [-0.05, 0) is 59.7 Å². The Morgan fingerprint density at radius 3 is 1.70 bits per heavy atom. The Morgan fingerprint density at radius 2 is 1.12 bits per heavy atom. The number of hydrogen-bond acceptors (Lipinski definition) is 28. The Morgan fingerprint density at radius 1 is 0.571 bits per heavy atom. The van der Waals surface area contributed by atoms with E-state index in [2.05, 4.69) is 0 Å². The molecule has 84 heavy (non-hydrogen) atoms. The van der Waals surface area contributed by atoms with Crippen molar-refractivity contribution in [2.75, 3.05) is 41.7 Å². The molecule has 1 aliphatic carbocycles. The number of carbonyl (C=O) groups is 2. The lowest BCUT2D eigenvalue weighted by Crippen LogP contribution is -2.64. The fourth-order valence-electron chi connectivity index (χ4n) is 9.20. The summed E-state index contributed by atoms with van der Waals surface area (Å²) in [6, 6.07) is 12.2. The molecule has 29 heteroatoms. The van der Waals surface area contributed by atoms with Gasteiger partial charge in [0.2, 0.25) is 29.8 Å². The third-order valence-electron chi connectivity index (χ3n) is 13.7. The average Bonchev–Trinajstić information content (AvgIpc) is 2.08. The van der Waals surface area contributed by atoms with Crippen LogP contribution in [-0.2, 0) is 38.3 Å². The van der Waals surface area contributed by atoms with Crippen LogP contribution in [0, 0.1) is 0 Å². The predicted octanol–water partition coefficient (Wildman–Crippen LogP) is 0.00110. The number of ether oxygens (including phenoxy) is 10. The highest BCUT2D eigenvalue weighted by molar-refractivity contribution is 5.90. The van der Waals surface area contributed by atoms with Crippen molar-refractivity contribution in [1.29, 1.82) is 0 Å². The smallest absolute Gasteiger partial charge is 0.402 e. The average molecular weight is 1190 g/mol. The van der Waals surface area contributed by atoms with E-state index in [0.717, 1.165) is 36.4 Å². The van der Waals surface area contributed by atoms with Gasteiger partial charge in [-0.2, -0.15) is 4.89 Å². The number of carbonyl (C=O) groups excluding carboxylic acids is 2. The molecule has 15 atom stereocenters. The second-order valence-corrected chi connectivity index (χ2v) is 19.2. The van der Waals surface area contributed by atoms with Crippen LogP contribution in [0.4, 0.5) is 0 Å². The van der Waals surface area contributed by atoms with Crippen LogP contribution in [0.15, 0.2) is 77.2 Å². The lowest BCUT2D eigenvalue weighted by atomic mass is 9.86. The van der Waals surface area contributed by atoms with Crippen molar-refractivity contribution in [3.8, 4) is 74.6 Å². The summed E-state index contributed by atoms with van der Waals surface area (Å²) in [6.07, 6.45) is -24.6. The van der Waals surface area contributed by atoms with Crippen molar-refractivity contribution < 1.29 is 143 Å². The van der Waals surface area contributed by atoms with Crippen LogP contribution in [0.2, 0.25) is 0 Å². The van der Waals surface area contributed by atoms with Crippen LogP contribution < -0.4 is 28.4 Å². The number of rotatable bonds is 20. The summed E-state index contributed by atoms with van der Waals surface area (Å²) in [5.74, 6) is -5.67. The van der Waals surface area contributed by atoms with E-state index in [4.69, 9.17) is 61.6 Å². The van der Waals surface area contributed by atoms with Crippen LogP contribution in [0.25, 0.3) is 34.4 Å². The van der Waals surface area contributed by atoms with Gasteiger partial charge < -0.3 is 119 Å². The Hall–Kier alpha value is -8.01. The van der Waals surface area contributed by atoms with Crippen molar-refractivity contribution >= 4 is 35.1 Å². The first kappa shape index (κ1) is 62.0. The Kier molecular flexibility index (Phi) is 19.7. The molecule has 2 aliphatic heterocycles. The van der Waals surface area contributed by atoms with Crippen LogP contribution in [-0.4, -0.2) is 217 Å². The molecule has 0 amide bonds. The van der Waals surface area contributed by atoms with Gasteiger partial charge in [0.25, 0.3) is 0 Å². The van der Waals surface area contributed by atoms with E-state index in [-0.39, 0.29) is 62.5 Å². The number of hydrogen-bond donors (Lipinski definition) is 14. The minimum absolute atomic E-state index is 0.00920. The number of benzene rings is 4. The molecule has 0 unspecified atom stereocenters. The van der Waals surface area contributed by atoms with E-state index in [0.29, 0.717) is 11.1 Å². The molecule has 4 aromatic carbocycles. The SMILES string of the molecule is COc1cc(C=CC(=O)OC[C@H]2O[C@@H](Oc3cc4c(O[C@@H]5O[C@H](CO)[C@@H](O)[C@H](O)[C@H]5O)cc(O)cc4[o+]c3-c3ccc(O)c(O)c3)[C@H](O[C@@H]3C[C@H](OOC(=O)C=Cc4cc(OC)c(O)c(OC)c4)[C@@H](O)[C@H](O)[C@H]3O)[C@@H](O)[C@@H]2O)cc(OC)c1O. The first-order valence-electron chi connectivity index (χ1n) is 25.4. The molecule has 1 aromatic heterocycles. The molecule has 0 spiro atoms. The molecule has 3 heterocycles. The molecule has 0 radical (unpaired) electrons. The van der Waals surface area contributed by atoms with E-state index >= 15 is 0 Å². The maximum atomic E-state index is 13.2. The van der Waals surface area contributed by atoms with Gasteiger partial charge >= 0.3 is 23.3 Å². The zero-order valence-electron chi connectivity index (χ0n) is 44.7. The van der Waals surface area contributed by atoms with Crippen LogP contribution in [0.5, 0.6) is 63.2 Å². The molecule has 0 bridgehead atoms. The minimum Gasteiger partial charge on any atom is -0.507 e. The van der Waals surface area contributed by atoms with Gasteiger partial charge in [0.05, 0.1) is 52.8 Å². The highest BCUT2D eigenvalue weighted by Gasteiger charge is 2.53. The third-order valence-corrected chi connectivity index (χ3v) is 13.7. The quantitative estimate of drug-likeness (QED) is 0.0122. The fraction of sp³-hybridized carbons (Fsp3) is 0.400. The molecule has 2 saturated heterocycles. The van der Waals surface area contributed by atoms with Crippen molar-refractivity contribution in [3.63, 3.8) is 0 Å². The van der Waals surface area contributed by atoms with E-state index in [1.165, 1.54) is 77.0 Å². The van der Waals surface area contributed by atoms with Gasteiger partial charge in [-0.25, -0.2) is 14.0 Å². The summed E-state index contributed by atoms with van der Waals surface area (Å²) in [4.78, 5) is 36.3. The number of aromatic hydroxyl groups is 5. The van der Waals surface area contributed by atoms with Crippen molar-refractivity contribution in [3.05, 3.63) is 83.9 Å². The zero-order chi connectivity index (χ0) is 60.8. The maximum Gasteiger partial charge on any atom is 0.402 e. The Labute approximate surface area is 475 Å². The number of phenols is 5. The Bertz CT molecular complexity index is 3150. The lowest BCUT2D eigenvalue weighted by molar-refractivity contribution is -0.344. The van der Waals surface area contributed by atoms with Crippen molar-refractivity contribution in [1.82, 2.24) is 0 Å². The number of fused-ring (bicyclic) bond motifs is 1. The zero-order valence-corrected chi connectivity index (χ0v) is 44.7. The van der Waals surface area contributed by atoms with Crippen molar-refractivity contribution in [2.45, 2.75) is 98.4 Å². The van der Waals surface area contributed by atoms with Crippen LogP contribution in [0.3, 0.4) is 0 Å². The number of esters is 1. The first-order valence-corrected chi connectivity index (χ1v) is 25.4. The van der Waals surface area contributed by atoms with Gasteiger partial charge in [0, 0.05) is 36.8 Å². The second kappa shape index (κ2) is 26.7. The van der Waals surface area contributed by atoms with Gasteiger partial charge in [0.1, 0.15) is 96.7 Å². The fourth-order valence-corrected chi connectivity index (χ4v) is 9.20. The standard InChI is InChI=1S/C55H60O29/c1-72-31-11-22(12-32(73-2)42(31)62)5-9-40(60)76-21-39-47(67)50(70)53(78-35-19-36(45(65)48(68)44(35)64)83-84-41(61)10-6-23-13-33(74-3)43(63)34(14-23)75-4)55(82-39)80-37-18-26-29(77-52(37)24-7-8-27(58)28(59)15-24)16-25(57)17-30(26)79-54-51(71)49(69)46(66)38(20-56)81-54/h5-18,35-36,38-39,44-51,53-56,64-71H,19-21H2,1-4H3,(H4-,57,58,59,60,61,62,63)/p+1/t35-,36+,38-,39-,44+,45-,46-,47-,48-,49+,50+,51-,53-,54-,55-/m1/s1. The summed E-state index contributed by atoms with van der Waals surface area (Å²) in [5, 5.41) is 151. The largest absolute Gasteiger partial charge is 0.507 e. The predicted molar refractivity (Wildman–Crippen MR) is 280 cm³/mol. The van der Waals surface area contributed by atoms with Gasteiger partial charge in [-0.15, -0.1) is 0 Å². The second-order valence-electron chi connectivity index (χ2n) is 19.2. The van der Waals surface area contributed by atoms with E-state index in [1.54, 1.807) is 0 Å². The third kappa shape index (κ3) is 13.5. The summed E-state index contributed by atoms with van der Waals surface area (Å²) in [6.45, 7) is -1.66. The van der Waals surface area contributed by atoms with Crippen LogP contribution in [0.1, 0.15) is 17.5 Å². The Balaban J connectivity index is 1.13. The van der Waals surface area contributed by atoms with E-state index in [1.807, 2.05) is 0 Å². The summed E-state index contributed by atoms with van der Waals surface area (Å²) >= 11 is 0. The topological polar surface area (TPSA) is 439 Å². The molecule has 454 valence electrons. The molecular formula is C55H61O29+. The summed E-state index contributed by atoms with van der Waals surface area (Å²) < 4.78 is 62.6. The number of aliphatic hydroxyl groups excluding tert-OH is 9. The number of phenolic OH excluding ortho intramolecular Hbond substituents is 5. The highest BCUT2D eigenvalue weighted by atomic mass is 17.2. The molecule has 1 saturated carbocycles. The maximum absolute atomic E-state index is 13.2. The van der Waals surface area contributed by atoms with E-state index in [9.17, 15) is 81.1 Å². The normalized spacial score (nSPS) is 28.0. The number of aliphatic hydroxyl groups is 9. The lowest BCUT2D eigenvalue weighted by Gasteiger charge is -2.45. The summed E-state index contributed by atoms with van der Waals surface area (Å²) in [5.41, 5.74) is 0.335. The van der Waals surface area contributed by atoms with Gasteiger partial charge in [-0.1, -0.05) is 0 Å². The molecule has 14 N–H and O–H groups in total. The van der Waals surface area contributed by atoms with Crippen LogP contribution >= 0.6 is 0 Å². The molecular weight excluding hydrogens is 1120 g/mol. The highest BCUT2D eigenvalue weighted by Crippen LogP contribution is 2.45. The van der Waals surface area contributed by atoms with Gasteiger partial charge in [-0.3, -0.25) is 4.89 Å². The molecule has 29 nitrogen and oxygen atoms in total. The summed E-state index contributed by atoms with van der Waals surface area (Å²) in [7, 11) is 5.16. The first-order chi connectivity index (χ1) is 40.1. The molecule has 8 rings (SSSR count). The molecule has 3 fully saturated rings. The monoisotopic (exact) mass is 1190 g/mol. The molecule has 5 aromatic rings. The van der Waals surface area contributed by atoms with E-state index < -0.39 is 147 Å². The van der Waals surface area contributed by atoms with Crippen molar-refractivity contribution in [2.24, 2.45) is 0 Å². The minimum atomic E-state index is -2.16. The number of methoxy groups -OCH3 is 4. The van der Waals surface area contributed by atoms with Gasteiger partial charge in [0.15, 0.2) is 34.5 Å².